The molecule has 0 aliphatic rings. The Bertz CT molecular complexity index is 405. The summed E-state index contributed by atoms with van der Waals surface area (Å²) in [5.74, 6) is 0.923. The van der Waals surface area contributed by atoms with E-state index >= 15 is 0 Å². The predicted octanol–water partition coefficient (Wildman–Crippen LogP) is 2.83. The maximum absolute atomic E-state index is 5.89. The third-order valence-corrected chi connectivity index (χ3v) is 3.99. The summed E-state index contributed by atoms with van der Waals surface area (Å²) in [5.41, 5.74) is 7.86. The lowest BCUT2D eigenvalue weighted by molar-refractivity contribution is 0.236. The van der Waals surface area contributed by atoms with E-state index in [0.29, 0.717) is 0 Å². The lowest BCUT2D eigenvalue weighted by Gasteiger charge is -2.24. The maximum atomic E-state index is 5.89. The van der Waals surface area contributed by atoms with Crippen LogP contribution in [0.25, 0.3) is 0 Å². The number of ether oxygens (including phenoxy) is 1. The third-order valence-electron chi connectivity index (χ3n) is 3.99. The van der Waals surface area contributed by atoms with Gasteiger partial charge in [0.15, 0.2) is 0 Å². The Balaban J connectivity index is 2.55. The fourth-order valence-electron chi connectivity index (χ4n) is 2.57. The van der Waals surface area contributed by atoms with Crippen LogP contribution in [0.4, 0.5) is 5.69 Å². The molecule has 0 spiro atoms. The number of nitrogens with two attached hydrogens (primary N) is 1. The SMILES string of the molecule is CCN(CC)CCCN(CC)Cc1cc(N)ccc1OC. The molecule has 0 aromatic heterocycles. The summed E-state index contributed by atoms with van der Waals surface area (Å²) in [6.45, 7) is 13.1. The zero-order chi connectivity index (χ0) is 15.7. The standard InChI is InChI=1S/C17H31N3O/c1-5-19(6-2)11-8-12-20(7-3)14-15-13-16(18)9-10-17(15)21-4/h9-10,13H,5-8,11-12,14,18H2,1-4H3. The second-order valence-corrected chi connectivity index (χ2v) is 5.32. The second-order valence-electron chi connectivity index (χ2n) is 5.32. The van der Waals surface area contributed by atoms with Crippen LogP contribution in [0.2, 0.25) is 0 Å². The molecule has 1 aromatic carbocycles. The molecule has 0 bridgehead atoms. The van der Waals surface area contributed by atoms with Gasteiger partial charge < -0.3 is 15.4 Å². The van der Waals surface area contributed by atoms with Crippen molar-refractivity contribution in [3.05, 3.63) is 23.8 Å². The first-order chi connectivity index (χ1) is 10.1. The van der Waals surface area contributed by atoms with Crippen molar-refractivity contribution in [1.82, 2.24) is 9.80 Å². The molecule has 2 N–H and O–H groups in total. The Hall–Kier alpha value is -1.26. The van der Waals surface area contributed by atoms with Gasteiger partial charge in [0, 0.05) is 17.8 Å². The first-order valence-corrected chi connectivity index (χ1v) is 8.01. The van der Waals surface area contributed by atoms with Gasteiger partial charge in [-0.15, -0.1) is 0 Å². The van der Waals surface area contributed by atoms with Crippen LogP contribution in [0, 0.1) is 0 Å². The lowest BCUT2D eigenvalue weighted by atomic mass is 10.1. The van der Waals surface area contributed by atoms with Crippen LogP contribution in [-0.4, -0.2) is 49.6 Å². The Labute approximate surface area is 129 Å². The van der Waals surface area contributed by atoms with E-state index in [4.69, 9.17) is 10.5 Å². The van der Waals surface area contributed by atoms with Gasteiger partial charge in [-0.2, -0.15) is 0 Å². The molecular formula is C17H31N3O. The molecular weight excluding hydrogens is 262 g/mol. The van der Waals surface area contributed by atoms with Crippen molar-refractivity contribution >= 4 is 5.69 Å². The van der Waals surface area contributed by atoms with E-state index in [1.54, 1.807) is 7.11 Å². The van der Waals surface area contributed by atoms with E-state index in [-0.39, 0.29) is 0 Å². The van der Waals surface area contributed by atoms with Gasteiger partial charge in [0.1, 0.15) is 5.75 Å². The summed E-state index contributed by atoms with van der Waals surface area (Å²) >= 11 is 0. The van der Waals surface area contributed by atoms with Crippen LogP contribution >= 0.6 is 0 Å². The van der Waals surface area contributed by atoms with E-state index in [9.17, 15) is 0 Å². The van der Waals surface area contributed by atoms with E-state index < -0.39 is 0 Å². The van der Waals surface area contributed by atoms with Crippen molar-refractivity contribution < 1.29 is 4.74 Å². The van der Waals surface area contributed by atoms with Crippen molar-refractivity contribution in [3.8, 4) is 5.75 Å². The van der Waals surface area contributed by atoms with E-state index in [2.05, 4.69) is 30.6 Å². The summed E-state index contributed by atoms with van der Waals surface area (Å²) in [5, 5.41) is 0. The molecule has 21 heavy (non-hydrogen) atoms. The van der Waals surface area contributed by atoms with Gasteiger partial charge in [-0.05, 0) is 57.3 Å². The van der Waals surface area contributed by atoms with Crippen LogP contribution in [0.1, 0.15) is 32.8 Å². The summed E-state index contributed by atoms with van der Waals surface area (Å²) in [6, 6.07) is 5.86. The molecule has 0 amide bonds. The van der Waals surface area contributed by atoms with Crippen molar-refractivity contribution in [2.75, 3.05) is 45.6 Å². The van der Waals surface area contributed by atoms with Gasteiger partial charge in [-0.3, -0.25) is 4.90 Å². The average Bonchev–Trinajstić information content (AvgIpc) is 2.50. The molecule has 1 aromatic rings. The quantitative estimate of drug-likeness (QED) is 0.674. The monoisotopic (exact) mass is 293 g/mol. The topological polar surface area (TPSA) is 41.7 Å². The maximum Gasteiger partial charge on any atom is 0.123 e. The van der Waals surface area contributed by atoms with Crippen molar-refractivity contribution in [1.29, 1.82) is 0 Å². The van der Waals surface area contributed by atoms with Crippen molar-refractivity contribution in [2.45, 2.75) is 33.7 Å². The zero-order valence-electron chi connectivity index (χ0n) is 14.1. The molecule has 0 atom stereocenters. The molecule has 0 radical (unpaired) electrons. The minimum absolute atomic E-state index is 0.796. The largest absolute Gasteiger partial charge is 0.496 e. The van der Waals surface area contributed by atoms with Crippen LogP contribution < -0.4 is 10.5 Å². The highest BCUT2D eigenvalue weighted by molar-refractivity contribution is 5.47. The van der Waals surface area contributed by atoms with Gasteiger partial charge in [0.2, 0.25) is 0 Å². The van der Waals surface area contributed by atoms with E-state index in [1.807, 2.05) is 18.2 Å². The highest BCUT2D eigenvalue weighted by atomic mass is 16.5. The van der Waals surface area contributed by atoms with Gasteiger partial charge >= 0.3 is 0 Å². The molecule has 0 aliphatic carbocycles. The molecule has 0 unspecified atom stereocenters. The van der Waals surface area contributed by atoms with E-state index in [0.717, 1.165) is 50.7 Å². The Morgan fingerprint density at radius 3 is 2.19 bits per heavy atom. The number of benzene rings is 1. The minimum Gasteiger partial charge on any atom is -0.496 e. The molecule has 120 valence electrons. The van der Waals surface area contributed by atoms with Gasteiger partial charge in [0.25, 0.3) is 0 Å². The molecule has 4 heteroatoms. The van der Waals surface area contributed by atoms with Gasteiger partial charge in [0.05, 0.1) is 7.11 Å². The number of hydrogen-bond acceptors (Lipinski definition) is 4. The second kappa shape index (κ2) is 9.64. The Morgan fingerprint density at radius 2 is 1.62 bits per heavy atom. The van der Waals surface area contributed by atoms with E-state index in [1.165, 1.54) is 12.0 Å². The smallest absolute Gasteiger partial charge is 0.123 e. The molecule has 1 rings (SSSR count). The molecule has 0 saturated heterocycles. The van der Waals surface area contributed by atoms with Gasteiger partial charge in [-0.1, -0.05) is 20.8 Å². The number of rotatable bonds is 10. The molecule has 0 heterocycles. The normalized spacial score (nSPS) is 11.3. The summed E-state index contributed by atoms with van der Waals surface area (Å²) in [6.07, 6.45) is 1.19. The Kier molecular flexibility index (Phi) is 8.16. The highest BCUT2D eigenvalue weighted by Gasteiger charge is 2.09. The van der Waals surface area contributed by atoms with Crippen LogP contribution in [0.15, 0.2) is 18.2 Å². The molecule has 0 saturated carbocycles. The Morgan fingerprint density at radius 1 is 1.00 bits per heavy atom. The summed E-state index contributed by atoms with van der Waals surface area (Å²) < 4.78 is 5.43. The zero-order valence-corrected chi connectivity index (χ0v) is 14.1. The molecule has 0 fully saturated rings. The number of nitrogen functional groups attached to an aromatic ring is 1. The van der Waals surface area contributed by atoms with Crippen LogP contribution in [0.5, 0.6) is 5.75 Å². The third kappa shape index (κ3) is 5.94. The number of methoxy groups -OCH3 is 1. The molecule has 0 aliphatic heterocycles. The number of anilines is 1. The molecule has 4 nitrogen and oxygen atoms in total. The van der Waals surface area contributed by atoms with Crippen LogP contribution in [-0.2, 0) is 6.54 Å². The average molecular weight is 293 g/mol. The predicted molar refractivity (Wildman–Crippen MR) is 90.8 cm³/mol. The number of hydrogen-bond donors (Lipinski definition) is 1. The summed E-state index contributed by atoms with van der Waals surface area (Å²) in [7, 11) is 1.71. The van der Waals surface area contributed by atoms with Crippen LogP contribution in [0.3, 0.4) is 0 Å². The number of nitrogens with zero attached hydrogens (tertiary/aromatic N) is 2. The highest BCUT2D eigenvalue weighted by Crippen LogP contribution is 2.22. The van der Waals surface area contributed by atoms with Crippen molar-refractivity contribution in [3.63, 3.8) is 0 Å². The lowest BCUT2D eigenvalue weighted by Crippen LogP contribution is -2.29. The van der Waals surface area contributed by atoms with Crippen molar-refractivity contribution in [2.24, 2.45) is 0 Å². The summed E-state index contributed by atoms with van der Waals surface area (Å²) in [4.78, 5) is 4.91. The minimum atomic E-state index is 0.796. The fourth-order valence-corrected chi connectivity index (χ4v) is 2.57. The first-order valence-electron chi connectivity index (χ1n) is 8.01. The fraction of sp³-hybridized carbons (Fsp3) is 0.647. The first kappa shape index (κ1) is 17.8. The van der Waals surface area contributed by atoms with Gasteiger partial charge in [-0.25, -0.2) is 0 Å².